The molecule has 0 bridgehead atoms. The van der Waals surface area contributed by atoms with Crippen LogP contribution in [0.4, 0.5) is 17.6 Å². The minimum Gasteiger partial charge on any atom is -0.478 e. The number of hydrogen-bond donors (Lipinski definition) is 2. The molecule has 4 aromatic rings. The number of nitrogens with zero attached hydrogens (tertiary/aromatic N) is 1. The van der Waals surface area contributed by atoms with Gasteiger partial charge in [-0.15, -0.1) is 0 Å². The average Bonchev–Trinajstić information content (AvgIpc) is 3.37. The van der Waals surface area contributed by atoms with Gasteiger partial charge in [0.1, 0.15) is 5.82 Å². The second-order valence-corrected chi connectivity index (χ2v) is 10.2. The smallest absolute Gasteiger partial charge is 0.393 e. The monoisotopic (exact) mass is 594 g/mol. The van der Waals surface area contributed by atoms with Crippen LogP contribution < -0.4 is 4.74 Å². The first-order chi connectivity index (χ1) is 20.7. The first-order valence-electron chi connectivity index (χ1n) is 14.3. The number of ketones is 1. The van der Waals surface area contributed by atoms with Crippen molar-refractivity contribution in [2.45, 2.75) is 51.1 Å². The van der Waals surface area contributed by atoms with Gasteiger partial charge in [-0.25, -0.2) is 9.37 Å². The van der Waals surface area contributed by atoms with Crippen molar-refractivity contribution in [3.63, 3.8) is 0 Å². The van der Waals surface area contributed by atoms with E-state index in [4.69, 9.17) is 9.84 Å². The molecule has 0 atom stereocenters. The summed E-state index contributed by atoms with van der Waals surface area (Å²) in [6, 6.07) is 16.6. The van der Waals surface area contributed by atoms with Gasteiger partial charge in [0.2, 0.25) is 5.88 Å². The fourth-order valence-corrected chi connectivity index (χ4v) is 4.81. The van der Waals surface area contributed by atoms with Crippen LogP contribution in [0.5, 0.6) is 5.88 Å². The number of allylic oxidation sites excluding steroid dienone is 3. The van der Waals surface area contributed by atoms with Crippen LogP contribution in [0.3, 0.4) is 0 Å². The van der Waals surface area contributed by atoms with Crippen molar-refractivity contribution in [3.8, 4) is 5.88 Å². The third-order valence-electron chi connectivity index (χ3n) is 6.90. The van der Waals surface area contributed by atoms with E-state index in [2.05, 4.69) is 9.97 Å². The first kappa shape index (κ1) is 31.7. The lowest BCUT2D eigenvalue weighted by Gasteiger charge is -2.19. The van der Waals surface area contributed by atoms with Gasteiger partial charge in [0, 0.05) is 48.0 Å². The summed E-state index contributed by atoms with van der Waals surface area (Å²) in [5, 5.41) is 9.05. The van der Waals surface area contributed by atoms with E-state index in [9.17, 15) is 22.4 Å². The van der Waals surface area contributed by atoms with Crippen molar-refractivity contribution < 1.29 is 32.2 Å². The number of carbonyl (C=O) groups is 1. The summed E-state index contributed by atoms with van der Waals surface area (Å²) in [4.78, 5) is 18.8. The van der Waals surface area contributed by atoms with Gasteiger partial charge in [0.25, 0.3) is 0 Å². The molecule has 0 aliphatic heterocycles. The van der Waals surface area contributed by atoms with E-state index in [1.807, 2.05) is 6.08 Å². The number of rotatable bonds is 15. The molecule has 0 saturated heterocycles. The molecule has 0 aliphatic carbocycles. The van der Waals surface area contributed by atoms with Crippen molar-refractivity contribution in [2.75, 3.05) is 13.2 Å². The zero-order valence-corrected chi connectivity index (χ0v) is 23.7. The summed E-state index contributed by atoms with van der Waals surface area (Å²) in [6.07, 6.45) is 4.59. The number of carbonyl (C=O) groups excluding carboxylic acids is 1. The number of aromatic amines is 1. The standard InChI is InChI=1S/C34H34F4N2O3/c35-30-23-39-31-16-14-25(20-28(30)31)33(29(21-34(36,37)38)24-10-5-4-6-11-24)26-15-17-32(40-22-26)43-19-8-3-1-2-7-12-27(42)13-9-18-41/h4-7,10-12,14-17,20,22-23,39,41H,1-3,8-9,13,18-19,21H2/b12-7+,33-29-. The molecular weight excluding hydrogens is 560 g/mol. The Labute approximate surface area is 247 Å². The minimum absolute atomic E-state index is 0.00734. The molecule has 0 spiro atoms. The third-order valence-corrected chi connectivity index (χ3v) is 6.90. The van der Waals surface area contributed by atoms with Gasteiger partial charge in [0.05, 0.1) is 13.0 Å². The lowest BCUT2D eigenvalue weighted by molar-refractivity contribution is -0.123. The van der Waals surface area contributed by atoms with Crippen LogP contribution in [-0.2, 0) is 4.79 Å². The van der Waals surface area contributed by atoms with E-state index in [1.54, 1.807) is 66.7 Å². The van der Waals surface area contributed by atoms with Gasteiger partial charge in [-0.3, -0.25) is 4.79 Å². The summed E-state index contributed by atoms with van der Waals surface area (Å²) in [5.41, 5.74) is 2.21. The van der Waals surface area contributed by atoms with Crippen LogP contribution in [0.1, 0.15) is 61.6 Å². The fraction of sp³-hybridized carbons (Fsp3) is 0.294. The highest BCUT2D eigenvalue weighted by atomic mass is 19.4. The maximum Gasteiger partial charge on any atom is 0.393 e. The average molecular weight is 595 g/mol. The van der Waals surface area contributed by atoms with Crippen LogP contribution in [0.2, 0.25) is 0 Å². The summed E-state index contributed by atoms with van der Waals surface area (Å²) in [5.74, 6) is -0.129. The quantitative estimate of drug-likeness (QED) is 0.0627. The van der Waals surface area contributed by atoms with Crippen molar-refractivity contribution in [2.24, 2.45) is 0 Å². The topological polar surface area (TPSA) is 75.2 Å². The van der Waals surface area contributed by atoms with E-state index < -0.39 is 18.4 Å². The van der Waals surface area contributed by atoms with Crippen LogP contribution >= 0.6 is 0 Å². The van der Waals surface area contributed by atoms with Crippen molar-refractivity contribution in [1.29, 1.82) is 0 Å². The van der Waals surface area contributed by atoms with Gasteiger partial charge in [-0.2, -0.15) is 13.2 Å². The van der Waals surface area contributed by atoms with Crippen molar-refractivity contribution in [3.05, 3.63) is 108 Å². The number of aromatic nitrogens is 2. The van der Waals surface area contributed by atoms with E-state index in [0.717, 1.165) is 25.7 Å². The maximum atomic E-state index is 14.5. The Morgan fingerprint density at radius 3 is 2.47 bits per heavy atom. The molecule has 2 aromatic heterocycles. The molecule has 4 rings (SSSR count). The van der Waals surface area contributed by atoms with E-state index >= 15 is 0 Å². The number of halogens is 4. The highest BCUT2D eigenvalue weighted by Gasteiger charge is 2.31. The highest BCUT2D eigenvalue weighted by molar-refractivity contribution is 6.00. The molecule has 226 valence electrons. The number of aliphatic hydroxyl groups is 1. The number of unbranched alkanes of at least 4 members (excludes halogenated alkanes) is 3. The Balaban J connectivity index is 1.51. The van der Waals surface area contributed by atoms with Crippen molar-refractivity contribution in [1.82, 2.24) is 9.97 Å². The molecule has 0 aliphatic rings. The van der Waals surface area contributed by atoms with Gasteiger partial charge in [-0.1, -0.05) is 42.5 Å². The SMILES string of the molecule is O=C(/C=C/CCCCCOc1ccc(/C(=C(/CC(F)(F)F)c2ccccc2)c2ccc3[nH]cc(F)c3c2)cn1)CCCO. The van der Waals surface area contributed by atoms with Crippen molar-refractivity contribution >= 4 is 27.8 Å². The fourth-order valence-electron chi connectivity index (χ4n) is 4.81. The molecule has 43 heavy (non-hydrogen) atoms. The number of fused-ring (bicyclic) bond motifs is 1. The first-order valence-corrected chi connectivity index (χ1v) is 14.3. The number of benzene rings is 2. The summed E-state index contributed by atoms with van der Waals surface area (Å²) in [7, 11) is 0. The Hall–Kier alpha value is -4.24. The summed E-state index contributed by atoms with van der Waals surface area (Å²) < 4.78 is 61.9. The van der Waals surface area contributed by atoms with Gasteiger partial charge < -0.3 is 14.8 Å². The molecule has 2 N–H and O–H groups in total. The zero-order valence-electron chi connectivity index (χ0n) is 23.7. The van der Waals surface area contributed by atoms with E-state index in [-0.39, 0.29) is 23.3 Å². The largest absolute Gasteiger partial charge is 0.478 e. The molecular formula is C34H34F4N2O3. The van der Waals surface area contributed by atoms with E-state index in [0.29, 0.717) is 53.1 Å². The number of ether oxygens (including phenoxy) is 1. The molecule has 0 fully saturated rings. The molecule has 0 saturated carbocycles. The molecule has 2 aromatic carbocycles. The minimum atomic E-state index is -4.48. The molecule has 0 unspecified atom stereocenters. The van der Waals surface area contributed by atoms with E-state index in [1.165, 1.54) is 12.4 Å². The second kappa shape index (κ2) is 15.3. The number of nitrogens with one attached hydrogen (secondary N) is 1. The molecule has 9 heteroatoms. The second-order valence-electron chi connectivity index (χ2n) is 10.2. The Morgan fingerprint density at radius 2 is 1.74 bits per heavy atom. The third kappa shape index (κ3) is 9.38. The number of pyridine rings is 1. The lowest BCUT2D eigenvalue weighted by Crippen LogP contribution is -2.10. The molecule has 5 nitrogen and oxygen atoms in total. The predicted octanol–water partition coefficient (Wildman–Crippen LogP) is 8.45. The number of aliphatic hydroxyl groups excluding tert-OH is 1. The maximum absolute atomic E-state index is 14.5. The van der Waals surface area contributed by atoms with Crippen LogP contribution in [0, 0.1) is 5.82 Å². The molecule has 0 amide bonds. The Morgan fingerprint density at radius 1 is 0.953 bits per heavy atom. The summed E-state index contributed by atoms with van der Waals surface area (Å²) >= 11 is 0. The van der Waals surface area contributed by atoms with Gasteiger partial charge >= 0.3 is 6.18 Å². The Kier molecular flexibility index (Phi) is 11.3. The number of alkyl halides is 3. The normalized spacial score (nSPS) is 12.6. The van der Waals surface area contributed by atoms with Crippen LogP contribution in [0.25, 0.3) is 22.0 Å². The predicted molar refractivity (Wildman–Crippen MR) is 160 cm³/mol. The molecule has 0 radical (unpaired) electrons. The number of hydrogen-bond acceptors (Lipinski definition) is 4. The van der Waals surface area contributed by atoms with Crippen LogP contribution in [0.15, 0.2) is 85.2 Å². The summed E-state index contributed by atoms with van der Waals surface area (Å²) in [6.45, 7) is 0.425. The lowest BCUT2D eigenvalue weighted by atomic mass is 9.88. The molecule has 2 heterocycles. The van der Waals surface area contributed by atoms with Gasteiger partial charge in [-0.05, 0) is 78.7 Å². The van der Waals surface area contributed by atoms with Crippen LogP contribution in [-0.4, -0.2) is 40.2 Å². The Bertz CT molecular complexity index is 1540. The van der Waals surface area contributed by atoms with Gasteiger partial charge in [0.15, 0.2) is 5.78 Å². The zero-order chi connectivity index (χ0) is 30.7. The highest BCUT2D eigenvalue weighted by Crippen LogP contribution is 2.40. The number of H-pyrrole nitrogens is 1.